The predicted octanol–water partition coefficient (Wildman–Crippen LogP) is 2.88. The number of anilines is 1. The van der Waals surface area contributed by atoms with Gasteiger partial charge in [0, 0.05) is 35.3 Å². The molecule has 0 spiro atoms. The summed E-state index contributed by atoms with van der Waals surface area (Å²) in [6.45, 7) is 0.987. The number of carbonyl (C=O) groups excluding carboxylic acids is 1. The highest BCUT2D eigenvalue weighted by Gasteiger charge is 2.16. The molecule has 8 nitrogen and oxygen atoms in total. The highest BCUT2D eigenvalue weighted by Crippen LogP contribution is 2.30. The summed E-state index contributed by atoms with van der Waals surface area (Å²) >= 11 is 1.76. The van der Waals surface area contributed by atoms with Gasteiger partial charge in [0.1, 0.15) is 6.33 Å². The predicted molar refractivity (Wildman–Crippen MR) is 105 cm³/mol. The van der Waals surface area contributed by atoms with Gasteiger partial charge in [-0.25, -0.2) is 9.67 Å². The van der Waals surface area contributed by atoms with Gasteiger partial charge in [0.05, 0.1) is 11.4 Å². The van der Waals surface area contributed by atoms with Crippen molar-refractivity contribution in [2.75, 3.05) is 11.1 Å². The maximum atomic E-state index is 12.7. The molecule has 0 saturated carbocycles. The van der Waals surface area contributed by atoms with E-state index in [2.05, 4.69) is 36.6 Å². The molecule has 0 aliphatic carbocycles. The van der Waals surface area contributed by atoms with E-state index >= 15 is 0 Å². The fraction of sp³-hybridized carbons (Fsp3) is 0.105. The third-order valence-electron chi connectivity index (χ3n) is 4.44. The number of aromatic nitrogens is 6. The van der Waals surface area contributed by atoms with Gasteiger partial charge in [0.15, 0.2) is 5.16 Å². The van der Waals surface area contributed by atoms with Crippen LogP contribution >= 0.6 is 11.8 Å². The second kappa shape index (κ2) is 6.93. The summed E-state index contributed by atoms with van der Waals surface area (Å²) in [6, 6.07) is 14.8. The second-order valence-corrected chi connectivity index (χ2v) is 7.35. The standard InChI is InChI=1S/C19H15N7OS/c27-18(14-4-2-6-16(10-14)26-12-20-23-24-26)21-15-5-1-3-13(9-15)17-11-25-7-8-28-19(25)22-17/h1-6,9-12H,7-8H2,(H,21,27). The molecule has 1 aliphatic heterocycles. The van der Waals surface area contributed by atoms with Crippen molar-refractivity contribution in [2.45, 2.75) is 11.7 Å². The number of thioether (sulfide) groups is 1. The average molecular weight is 389 g/mol. The Bertz CT molecular complexity index is 1130. The third-order valence-corrected chi connectivity index (χ3v) is 5.41. The number of nitrogens with one attached hydrogen (secondary N) is 1. The Morgan fingerprint density at radius 2 is 2.07 bits per heavy atom. The van der Waals surface area contributed by atoms with Gasteiger partial charge < -0.3 is 9.88 Å². The minimum atomic E-state index is -0.199. The van der Waals surface area contributed by atoms with E-state index in [4.69, 9.17) is 0 Å². The molecule has 5 rings (SSSR count). The topological polar surface area (TPSA) is 90.5 Å². The Morgan fingerprint density at radius 3 is 2.93 bits per heavy atom. The lowest BCUT2D eigenvalue weighted by Gasteiger charge is -2.08. The first-order chi connectivity index (χ1) is 13.8. The fourth-order valence-corrected chi connectivity index (χ4v) is 4.02. The summed E-state index contributed by atoms with van der Waals surface area (Å²) in [5, 5.41) is 15.1. The molecule has 0 unspecified atom stereocenters. The van der Waals surface area contributed by atoms with E-state index in [-0.39, 0.29) is 5.91 Å². The average Bonchev–Trinajstić information content (AvgIpc) is 3.45. The SMILES string of the molecule is O=C(Nc1cccc(-c2cn3c(n2)SCC3)c1)c1cccc(-n2cnnn2)c1. The van der Waals surface area contributed by atoms with Crippen LogP contribution in [0.1, 0.15) is 10.4 Å². The van der Waals surface area contributed by atoms with Crippen molar-refractivity contribution in [3.63, 3.8) is 0 Å². The van der Waals surface area contributed by atoms with Crippen LogP contribution in [0.5, 0.6) is 0 Å². The van der Waals surface area contributed by atoms with Crippen LogP contribution in [0, 0.1) is 0 Å². The number of nitrogens with zero attached hydrogens (tertiary/aromatic N) is 6. The van der Waals surface area contributed by atoms with Gasteiger partial charge in [0.2, 0.25) is 0 Å². The molecule has 1 N–H and O–H groups in total. The second-order valence-electron chi connectivity index (χ2n) is 6.29. The van der Waals surface area contributed by atoms with Crippen molar-refractivity contribution in [3.05, 3.63) is 66.6 Å². The van der Waals surface area contributed by atoms with Crippen molar-refractivity contribution in [3.8, 4) is 16.9 Å². The van der Waals surface area contributed by atoms with Gasteiger partial charge >= 0.3 is 0 Å². The molecule has 0 radical (unpaired) electrons. The number of aryl methyl sites for hydroxylation is 1. The van der Waals surface area contributed by atoms with Gasteiger partial charge in [-0.2, -0.15) is 0 Å². The van der Waals surface area contributed by atoms with Gasteiger partial charge in [-0.3, -0.25) is 4.79 Å². The van der Waals surface area contributed by atoms with Crippen LogP contribution in [-0.4, -0.2) is 41.4 Å². The minimum Gasteiger partial charge on any atom is -0.325 e. The smallest absolute Gasteiger partial charge is 0.255 e. The normalized spacial score (nSPS) is 12.7. The molecule has 138 valence electrons. The van der Waals surface area contributed by atoms with E-state index in [1.807, 2.05) is 30.3 Å². The van der Waals surface area contributed by atoms with Crippen molar-refractivity contribution in [1.29, 1.82) is 0 Å². The van der Waals surface area contributed by atoms with Crippen LogP contribution in [0.3, 0.4) is 0 Å². The van der Waals surface area contributed by atoms with Crippen LogP contribution in [-0.2, 0) is 6.54 Å². The van der Waals surface area contributed by atoms with E-state index in [1.165, 1.54) is 11.0 Å². The summed E-state index contributed by atoms with van der Waals surface area (Å²) in [4.78, 5) is 17.4. The van der Waals surface area contributed by atoms with E-state index in [0.717, 1.165) is 40.1 Å². The molecular formula is C19H15N7OS. The molecule has 2 aromatic heterocycles. The summed E-state index contributed by atoms with van der Waals surface area (Å²) in [5.74, 6) is 0.873. The highest BCUT2D eigenvalue weighted by molar-refractivity contribution is 7.99. The zero-order chi connectivity index (χ0) is 18.9. The Balaban J connectivity index is 1.37. The van der Waals surface area contributed by atoms with Gasteiger partial charge in [-0.1, -0.05) is 30.0 Å². The largest absolute Gasteiger partial charge is 0.325 e. The quantitative estimate of drug-likeness (QED) is 0.577. The summed E-state index contributed by atoms with van der Waals surface area (Å²) in [7, 11) is 0. The number of imidazole rings is 1. The van der Waals surface area contributed by atoms with Crippen molar-refractivity contribution in [2.24, 2.45) is 0 Å². The highest BCUT2D eigenvalue weighted by atomic mass is 32.2. The summed E-state index contributed by atoms with van der Waals surface area (Å²) in [6.07, 6.45) is 3.55. The first-order valence-electron chi connectivity index (χ1n) is 8.71. The van der Waals surface area contributed by atoms with Crippen molar-refractivity contribution < 1.29 is 4.79 Å². The van der Waals surface area contributed by atoms with E-state index < -0.39 is 0 Å². The number of hydrogen-bond donors (Lipinski definition) is 1. The summed E-state index contributed by atoms with van der Waals surface area (Å²) in [5.41, 5.74) is 3.85. The Hall–Kier alpha value is -3.46. The number of hydrogen-bond acceptors (Lipinski definition) is 6. The van der Waals surface area contributed by atoms with E-state index in [0.29, 0.717) is 5.56 Å². The number of carbonyl (C=O) groups is 1. The maximum absolute atomic E-state index is 12.7. The van der Waals surface area contributed by atoms with Crippen molar-refractivity contribution in [1.82, 2.24) is 29.8 Å². The van der Waals surface area contributed by atoms with E-state index in [1.54, 1.807) is 30.0 Å². The first-order valence-corrected chi connectivity index (χ1v) is 9.70. The number of amides is 1. The minimum absolute atomic E-state index is 0.199. The van der Waals surface area contributed by atoms with Gasteiger partial charge in [-0.05, 0) is 40.8 Å². The third kappa shape index (κ3) is 3.16. The summed E-state index contributed by atoms with van der Waals surface area (Å²) < 4.78 is 3.67. The van der Waals surface area contributed by atoms with Crippen LogP contribution in [0.2, 0.25) is 0 Å². The Morgan fingerprint density at radius 1 is 1.14 bits per heavy atom. The molecule has 4 aromatic rings. The van der Waals surface area contributed by atoms with Crippen molar-refractivity contribution >= 4 is 23.4 Å². The molecule has 28 heavy (non-hydrogen) atoms. The zero-order valence-corrected chi connectivity index (χ0v) is 15.5. The lowest BCUT2D eigenvalue weighted by atomic mass is 10.1. The number of fused-ring (bicyclic) bond motifs is 1. The Labute approximate surface area is 164 Å². The molecule has 0 atom stereocenters. The Kier molecular flexibility index (Phi) is 4.13. The fourth-order valence-electron chi connectivity index (χ4n) is 3.08. The number of benzene rings is 2. The number of tetrazole rings is 1. The number of rotatable bonds is 4. The zero-order valence-electron chi connectivity index (χ0n) is 14.7. The molecule has 9 heteroatoms. The molecule has 0 saturated heterocycles. The van der Waals surface area contributed by atoms with E-state index in [9.17, 15) is 4.79 Å². The van der Waals surface area contributed by atoms with Gasteiger partial charge in [-0.15, -0.1) is 5.10 Å². The van der Waals surface area contributed by atoms with Crippen LogP contribution in [0.4, 0.5) is 5.69 Å². The molecule has 2 aromatic carbocycles. The monoisotopic (exact) mass is 389 g/mol. The maximum Gasteiger partial charge on any atom is 0.255 e. The lowest BCUT2D eigenvalue weighted by Crippen LogP contribution is -2.12. The van der Waals surface area contributed by atoms with Gasteiger partial charge in [0.25, 0.3) is 5.91 Å². The molecular weight excluding hydrogens is 374 g/mol. The molecule has 1 aliphatic rings. The van der Waals surface area contributed by atoms with Crippen LogP contribution in [0.15, 0.2) is 66.2 Å². The molecule has 0 fully saturated rings. The first kappa shape index (κ1) is 16.7. The van der Waals surface area contributed by atoms with Crippen LogP contribution in [0.25, 0.3) is 16.9 Å². The molecule has 1 amide bonds. The lowest BCUT2D eigenvalue weighted by molar-refractivity contribution is 0.102. The van der Waals surface area contributed by atoms with Crippen LogP contribution < -0.4 is 5.32 Å². The molecule has 0 bridgehead atoms. The molecule has 3 heterocycles.